The van der Waals surface area contributed by atoms with Crippen LogP contribution in [-0.4, -0.2) is 42.6 Å². The highest BCUT2D eigenvalue weighted by molar-refractivity contribution is 6.42. The van der Waals surface area contributed by atoms with Gasteiger partial charge in [-0.25, -0.2) is 9.97 Å². The second kappa shape index (κ2) is 9.63. The van der Waals surface area contributed by atoms with Crippen molar-refractivity contribution in [2.24, 2.45) is 5.92 Å². The number of rotatable bonds is 6. The lowest BCUT2D eigenvalue weighted by atomic mass is 9.86. The van der Waals surface area contributed by atoms with Crippen LogP contribution in [0.5, 0.6) is 0 Å². The molecule has 1 aromatic carbocycles. The van der Waals surface area contributed by atoms with Gasteiger partial charge in [0.2, 0.25) is 0 Å². The minimum atomic E-state index is -0.114. The van der Waals surface area contributed by atoms with Crippen LogP contribution in [0.25, 0.3) is 0 Å². The van der Waals surface area contributed by atoms with E-state index in [9.17, 15) is 4.79 Å². The molecular weight excluding hydrogens is 409 g/mol. The maximum absolute atomic E-state index is 12.3. The summed E-state index contributed by atoms with van der Waals surface area (Å²) in [5.74, 6) is 2.90. The van der Waals surface area contributed by atoms with E-state index >= 15 is 0 Å². The molecule has 1 fully saturated rings. The maximum atomic E-state index is 12.3. The third-order valence-electron chi connectivity index (χ3n) is 5.21. The number of nitrogens with one attached hydrogen (secondary N) is 2. The molecule has 6 nitrogen and oxygen atoms in total. The number of amides is 1. The summed E-state index contributed by atoms with van der Waals surface area (Å²) >= 11 is 11.9. The number of aryl methyl sites for hydroxylation is 1. The average Bonchev–Trinajstić information content (AvgIpc) is 2.69. The number of carbonyl (C=O) groups excluding carboxylic acids is 1. The zero-order valence-electron chi connectivity index (χ0n) is 17.0. The number of hydrogen-bond acceptors (Lipinski definition) is 5. The van der Waals surface area contributed by atoms with E-state index in [0.29, 0.717) is 34.1 Å². The molecule has 156 valence electrons. The van der Waals surface area contributed by atoms with Crippen LogP contribution >= 0.6 is 23.2 Å². The quantitative estimate of drug-likeness (QED) is 0.695. The molecule has 1 amide bonds. The Balaban J connectivity index is 1.47. The van der Waals surface area contributed by atoms with Crippen LogP contribution in [0.1, 0.15) is 41.9 Å². The van der Waals surface area contributed by atoms with Gasteiger partial charge in [-0.1, -0.05) is 23.2 Å². The van der Waals surface area contributed by atoms with Crippen molar-refractivity contribution in [1.82, 2.24) is 15.3 Å². The first kappa shape index (κ1) is 21.7. The molecule has 1 aliphatic carbocycles. The number of halogens is 2. The SMILES string of the molecule is Cc1nc(N[C@H]2CC[C@@H](CNC(=O)c3ccc(Cl)c(Cl)c3)CC2)cc(N(C)C)n1. The molecule has 8 heteroatoms. The molecule has 1 saturated carbocycles. The zero-order chi connectivity index (χ0) is 21.0. The van der Waals surface area contributed by atoms with Crippen LogP contribution in [0.3, 0.4) is 0 Å². The molecule has 1 heterocycles. The third kappa shape index (κ3) is 5.97. The Morgan fingerprint density at radius 1 is 1.10 bits per heavy atom. The van der Waals surface area contributed by atoms with Crippen molar-refractivity contribution in [3.8, 4) is 0 Å². The van der Waals surface area contributed by atoms with Crippen molar-refractivity contribution >= 4 is 40.7 Å². The van der Waals surface area contributed by atoms with Gasteiger partial charge in [0.1, 0.15) is 17.5 Å². The van der Waals surface area contributed by atoms with Crippen LogP contribution in [0.4, 0.5) is 11.6 Å². The van der Waals surface area contributed by atoms with E-state index in [1.54, 1.807) is 18.2 Å². The van der Waals surface area contributed by atoms with E-state index in [1.807, 2.05) is 32.0 Å². The summed E-state index contributed by atoms with van der Waals surface area (Å²) in [5.41, 5.74) is 0.533. The molecular formula is C21H27Cl2N5O. The topological polar surface area (TPSA) is 70.2 Å². The van der Waals surface area contributed by atoms with Gasteiger partial charge in [0.25, 0.3) is 5.91 Å². The van der Waals surface area contributed by atoms with Gasteiger partial charge < -0.3 is 15.5 Å². The molecule has 3 rings (SSSR count). The lowest BCUT2D eigenvalue weighted by Crippen LogP contribution is -2.34. The molecule has 1 aliphatic rings. The monoisotopic (exact) mass is 435 g/mol. The smallest absolute Gasteiger partial charge is 0.251 e. The van der Waals surface area contributed by atoms with Gasteiger partial charge in [-0.2, -0.15) is 0 Å². The van der Waals surface area contributed by atoms with Crippen LogP contribution in [-0.2, 0) is 0 Å². The Kier molecular flexibility index (Phi) is 7.19. The lowest BCUT2D eigenvalue weighted by Gasteiger charge is -2.29. The van der Waals surface area contributed by atoms with E-state index in [1.165, 1.54) is 0 Å². The van der Waals surface area contributed by atoms with Gasteiger partial charge in [0.15, 0.2) is 0 Å². The molecule has 0 radical (unpaired) electrons. The Hall–Kier alpha value is -2.05. The predicted molar refractivity (Wildman–Crippen MR) is 119 cm³/mol. The summed E-state index contributed by atoms with van der Waals surface area (Å²) in [5, 5.41) is 7.41. The van der Waals surface area contributed by atoms with Crippen LogP contribution in [0, 0.1) is 12.8 Å². The molecule has 2 N–H and O–H groups in total. The van der Waals surface area contributed by atoms with Gasteiger partial charge in [0, 0.05) is 38.3 Å². The highest BCUT2D eigenvalue weighted by atomic mass is 35.5. The Bertz CT molecular complexity index is 866. The minimum absolute atomic E-state index is 0.114. The normalized spacial score (nSPS) is 18.9. The van der Waals surface area contributed by atoms with Crippen molar-refractivity contribution < 1.29 is 4.79 Å². The summed E-state index contributed by atoms with van der Waals surface area (Å²) in [6, 6.07) is 7.31. The largest absolute Gasteiger partial charge is 0.367 e. The van der Waals surface area contributed by atoms with Crippen LogP contribution in [0.2, 0.25) is 10.0 Å². The molecule has 1 aromatic heterocycles. The van der Waals surface area contributed by atoms with Gasteiger partial charge in [-0.3, -0.25) is 4.79 Å². The fourth-order valence-electron chi connectivity index (χ4n) is 3.55. The van der Waals surface area contributed by atoms with Crippen molar-refractivity contribution in [1.29, 1.82) is 0 Å². The molecule has 2 aromatic rings. The first-order valence-corrected chi connectivity index (χ1v) is 10.6. The van der Waals surface area contributed by atoms with Crippen molar-refractivity contribution in [2.45, 2.75) is 38.6 Å². The first-order valence-electron chi connectivity index (χ1n) is 9.84. The number of aromatic nitrogens is 2. The maximum Gasteiger partial charge on any atom is 0.251 e. The third-order valence-corrected chi connectivity index (χ3v) is 5.95. The Labute approximate surface area is 182 Å². The fraction of sp³-hybridized carbons (Fsp3) is 0.476. The molecule has 0 spiro atoms. The van der Waals surface area contributed by atoms with E-state index in [2.05, 4.69) is 20.6 Å². The Morgan fingerprint density at radius 3 is 2.48 bits per heavy atom. The molecule has 0 aliphatic heterocycles. The van der Waals surface area contributed by atoms with Crippen molar-refractivity contribution in [3.05, 3.63) is 45.7 Å². The summed E-state index contributed by atoms with van der Waals surface area (Å²) < 4.78 is 0. The number of nitrogens with zero attached hydrogens (tertiary/aromatic N) is 3. The molecule has 0 unspecified atom stereocenters. The van der Waals surface area contributed by atoms with Gasteiger partial charge in [-0.15, -0.1) is 0 Å². The highest BCUT2D eigenvalue weighted by Gasteiger charge is 2.22. The summed E-state index contributed by atoms with van der Waals surface area (Å²) in [4.78, 5) is 23.3. The van der Waals surface area contributed by atoms with E-state index in [0.717, 1.165) is 43.1 Å². The number of hydrogen-bond donors (Lipinski definition) is 2. The van der Waals surface area contributed by atoms with Gasteiger partial charge in [-0.05, 0) is 56.7 Å². The summed E-state index contributed by atoms with van der Waals surface area (Å²) in [6.45, 7) is 2.58. The van der Waals surface area contributed by atoms with E-state index < -0.39 is 0 Å². The van der Waals surface area contributed by atoms with Crippen LogP contribution < -0.4 is 15.5 Å². The number of carbonyl (C=O) groups is 1. The molecule has 0 bridgehead atoms. The first-order chi connectivity index (χ1) is 13.8. The number of benzene rings is 1. The number of anilines is 2. The summed E-state index contributed by atoms with van der Waals surface area (Å²) in [6.07, 6.45) is 4.22. The van der Waals surface area contributed by atoms with E-state index in [-0.39, 0.29) is 5.91 Å². The Morgan fingerprint density at radius 2 is 1.83 bits per heavy atom. The fourth-order valence-corrected chi connectivity index (χ4v) is 3.85. The highest BCUT2D eigenvalue weighted by Crippen LogP contribution is 2.27. The van der Waals surface area contributed by atoms with Crippen molar-refractivity contribution in [2.75, 3.05) is 30.9 Å². The van der Waals surface area contributed by atoms with E-state index in [4.69, 9.17) is 23.2 Å². The lowest BCUT2D eigenvalue weighted by molar-refractivity contribution is 0.0943. The second-order valence-corrected chi connectivity index (χ2v) is 8.57. The molecule has 0 atom stereocenters. The molecule has 29 heavy (non-hydrogen) atoms. The minimum Gasteiger partial charge on any atom is -0.367 e. The van der Waals surface area contributed by atoms with Crippen molar-refractivity contribution in [3.63, 3.8) is 0 Å². The predicted octanol–water partition coefficient (Wildman–Crippen LogP) is 4.56. The van der Waals surface area contributed by atoms with Crippen LogP contribution in [0.15, 0.2) is 24.3 Å². The average molecular weight is 436 g/mol. The second-order valence-electron chi connectivity index (χ2n) is 7.75. The zero-order valence-corrected chi connectivity index (χ0v) is 18.5. The standard InChI is InChI=1S/C21H27Cl2N5O/c1-13-25-19(11-20(26-13)28(2)3)27-16-7-4-14(5-8-16)12-24-21(29)15-6-9-17(22)18(23)10-15/h6,9-11,14,16H,4-5,7-8,12H2,1-3H3,(H,24,29)(H,25,26,27)/t14-,16+. The van der Waals surface area contributed by atoms with Gasteiger partial charge >= 0.3 is 0 Å². The molecule has 0 saturated heterocycles. The summed E-state index contributed by atoms with van der Waals surface area (Å²) in [7, 11) is 3.95. The van der Waals surface area contributed by atoms with Gasteiger partial charge in [0.05, 0.1) is 10.0 Å².